The lowest BCUT2D eigenvalue weighted by Crippen LogP contribution is -2.43. The fourth-order valence-corrected chi connectivity index (χ4v) is 5.67. The molecule has 0 bridgehead atoms. The maximum absolute atomic E-state index is 12.2. The normalized spacial score (nSPS) is 14.1. The van der Waals surface area contributed by atoms with Crippen molar-refractivity contribution in [2.75, 3.05) is 19.8 Å². The van der Waals surface area contributed by atoms with Gasteiger partial charge in [0.2, 0.25) is 5.91 Å². The van der Waals surface area contributed by atoms with Gasteiger partial charge in [0, 0.05) is 12.8 Å². The molecule has 0 aliphatic carbocycles. The van der Waals surface area contributed by atoms with Gasteiger partial charge in [0.05, 0.1) is 13.2 Å². The molecule has 3 unspecified atom stereocenters. The summed E-state index contributed by atoms with van der Waals surface area (Å²) in [5.74, 6) is -2.39. The first-order chi connectivity index (χ1) is 22.6. The lowest BCUT2D eigenvalue weighted by atomic mass is 10.1. The number of hydrogen-bond donors (Lipinski definition) is 4. The smallest absolute Gasteiger partial charge is 0.472 e. The van der Waals surface area contributed by atoms with E-state index in [-0.39, 0.29) is 12.8 Å². The van der Waals surface area contributed by atoms with Crippen LogP contribution in [-0.4, -0.2) is 64.9 Å². The number of hydrogen-bond acceptors (Lipinski definition) is 8. The largest absolute Gasteiger partial charge is 0.480 e. The van der Waals surface area contributed by atoms with E-state index in [1.807, 2.05) is 0 Å². The average Bonchev–Trinajstić information content (AvgIpc) is 3.04. The van der Waals surface area contributed by atoms with Crippen molar-refractivity contribution in [1.82, 2.24) is 5.32 Å². The Kier molecular flexibility index (Phi) is 30.3. The van der Waals surface area contributed by atoms with Gasteiger partial charge in [-0.1, -0.05) is 122 Å². The number of ether oxygens (including phenoxy) is 1. The quantitative estimate of drug-likeness (QED) is 0.0224. The molecule has 4 N–H and O–H groups in total. The third kappa shape index (κ3) is 31.3. The predicted molar refractivity (Wildman–Crippen MR) is 185 cm³/mol. The molecule has 0 aromatic heterocycles. The first-order valence-corrected chi connectivity index (χ1v) is 19.7. The van der Waals surface area contributed by atoms with Gasteiger partial charge in [-0.25, -0.2) is 9.36 Å². The number of unbranched alkanes of at least 4 members (excludes halogenated alkanes) is 18. The maximum Gasteiger partial charge on any atom is 0.472 e. The molecule has 3 atom stereocenters. The van der Waals surface area contributed by atoms with Gasteiger partial charge in [-0.05, 0) is 38.5 Å². The van der Waals surface area contributed by atoms with E-state index in [0.29, 0.717) is 12.8 Å². The number of aliphatic carboxylic acids is 1. The van der Waals surface area contributed by atoms with E-state index < -0.39 is 57.6 Å². The van der Waals surface area contributed by atoms with Crippen LogP contribution in [0.25, 0.3) is 0 Å². The fourth-order valence-electron chi connectivity index (χ4n) is 4.90. The number of aliphatic hydroxyl groups is 1. The Morgan fingerprint density at radius 2 is 1.11 bits per heavy atom. The molecule has 0 saturated carbocycles. The summed E-state index contributed by atoms with van der Waals surface area (Å²) in [6.45, 7) is 2.52. The Balaban J connectivity index is 4.00. The number of phosphoric ester groups is 1. The van der Waals surface area contributed by atoms with Gasteiger partial charge in [-0.2, -0.15) is 0 Å². The zero-order chi connectivity index (χ0) is 35.0. The Morgan fingerprint density at radius 3 is 1.62 bits per heavy atom. The maximum atomic E-state index is 12.2. The third-order valence-corrected chi connectivity index (χ3v) is 8.76. The molecule has 276 valence electrons. The molecule has 47 heavy (non-hydrogen) atoms. The van der Waals surface area contributed by atoms with Crippen molar-refractivity contribution in [2.45, 2.75) is 174 Å². The van der Waals surface area contributed by atoms with E-state index in [1.165, 1.54) is 64.2 Å². The second-order valence-electron chi connectivity index (χ2n) is 12.4. The SMILES string of the molecule is CCCCCCCC/C=C\CCCCCCCC(=O)NC(COP(=O)(O)OCC(O)COC(=O)CCCCCCCCCC)C(=O)O. The molecule has 0 fully saturated rings. The van der Waals surface area contributed by atoms with E-state index in [9.17, 15) is 34.1 Å². The van der Waals surface area contributed by atoms with Crippen LogP contribution in [-0.2, 0) is 32.7 Å². The molecule has 0 aliphatic rings. The number of carbonyl (C=O) groups excluding carboxylic acids is 2. The first-order valence-electron chi connectivity index (χ1n) is 18.2. The van der Waals surface area contributed by atoms with E-state index in [0.717, 1.165) is 57.8 Å². The fraction of sp³-hybridized carbons (Fsp3) is 0.857. The minimum Gasteiger partial charge on any atom is -0.480 e. The Bertz CT molecular complexity index is 869. The third-order valence-electron chi connectivity index (χ3n) is 7.80. The summed E-state index contributed by atoms with van der Waals surface area (Å²) in [4.78, 5) is 45.5. The molecule has 0 aliphatic heterocycles. The highest BCUT2D eigenvalue weighted by atomic mass is 31.2. The Morgan fingerprint density at radius 1 is 0.660 bits per heavy atom. The standard InChI is InChI=1S/C35H66NO10P/c1-3-5-7-9-11-13-14-15-16-17-18-19-20-22-24-26-33(38)36-32(35(40)41)30-46-47(42,43)45-29-31(37)28-44-34(39)27-25-23-21-12-10-8-6-4-2/h15-16,31-32,37H,3-14,17-30H2,1-2H3,(H,36,38)(H,40,41)(H,42,43)/b16-15-. The summed E-state index contributed by atoms with van der Waals surface area (Å²) in [6, 6.07) is -1.54. The van der Waals surface area contributed by atoms with E-state index in [4.69, 9.17) is 13.8 Å². The summed E-state index contributed by atoms with van der Waals surface area (Å²) in [6.07, 6.45) is 26.9. The van der Waals surface area contributed by atoms with Crippen LogP contribution in [0.4, 0.5) is 0 Å². The molecule has 0 spiro atoms. The van der Waals surface area contributed by atoms with Gasteiger partial charge in [-0.3, -0.25) is 18.6 Å². The molecule has 0 heterocycles. The van der Waals surface area contributed by atoms with Crippen LogP contribution < -0.4 is 5.32 Å². The molecule has 11 nitrogen and oxygen atoms in total. The van der Waals surface area contributed by atoms with Crippen molar-refractivity contribution in [2.24, 2.45) is 0 Å². The van der Waals surface area contributed by atoms with Gasteiger partial charge >= 0.3 is 19.8 Å². The molecule has 0 saturated heterocycles. The number of carboxylic acids is 1. The van der Waals surface area contributed by atoms with Crippen LogP contribution >= 0.6 is 7.82 Å². The monoisotopic (exact) mass is 691 g/mol. The first kappa shape index (κ1) is 45.2. The molecular weight excluding hydrogens is 625 g/mol. The summed E-state index contributed by atoms with van der Waals surface area (Å²) >= 11 is 0. The number of rotatable bonds is 34. The van der Waals surface area contributed by atoms with Crippen LogP contribution in [0, 0.1) is 0 Å². The molecular formula is C35H66NO10P. The van der Waals surface area contributed by atoms with Crippen LogP contribution in [0.1, 0.15) is 162 Å². The van der Waals surface area contributed by atoms with Crippen molar-refractivity contribution < 1.29 is 47.8 Å². The topological polar surface area (TPSA) is 169 Å². The molecule has 0 rings (SSSR count). The minimum atomic E-state index is -4.74. The van der Waals surface area contributed by atoms with Crippen LogP contribution in [0.15, 0.2) is 12.2 Å². The second kappa shape index (κ2) is 31.5. The highest BCUT2D eigenvalue weighted by molar-refractivity contribution is 7.47. The number of carbonyl (C=O) groups is 3. The number of nitrogens with one attached hydrogen (secondary N) is 1. The molecule has 12 heteroatoms. The van der Waals surface area contributed by atoms with Crippen molar-refractivity contribution in [3.05, 3.63) is 12.2 Å². The summed E-state index contributed by atoms with van der Waals surface area (Å²) in [5, 5.41) is 21.6. The van der Waals surface area contributed by atoms with Gasteiger partial charge in [0.15, 0.2) is 6.04 Å². The summed E-state index contributed by atoms with van der Waals surface area (Å²) in [7, 11) is -4.74. The van der Waals surface area contributed by atoms with Gasteiger partial charge in [-0.15, -0.1) is 0 Å². The van der Waals surface area contributed by atoms with Gasteiger partial charge < -0.3 is 25.2 Å². The van der Waals surface area contributed by atoms with Crippen LogP contribution in [0.2, 0.25) is 0 Å². The van der Waals surface area contributed by atoms with Crippen molar-refractivity contribution in [3.8, 4) is 0 Å². The molecule has 1 amide bonds. The van der Waals surface area contributed by atoms with Crippen molar-refractivity contribution in [3.63, 3.8) is 0 Å². The summed E-state index contributed by atoms with van der Waals surface area (Å²) < 4.78 is 26.6. The molecule has 0 aromatic carbocycles. The number of aliphatic hydroxyl groups excluding tert-OH is 1. The van der Waals surface area contributed by atoms with E-state index in [2.05, 4.69) is 31.3 Å². The van der Waals surface area contributed by atoms with Crippen LogP contribution in [0.5, 0.6) is 0 Å². The van der Waals surface area contributed by atoms with Crippen molar-refractivity contribution >= 4 is 25.7 Å². The second-order valence-corrected chi connectivity index (χ2v) is 13.9. The molecule has 0 aromatic rings. The lowest BCUT2D eigenvalue weighted by molar-refractivity contribution is -0.147. The number of amides is 1. The Hall–Kier alpha value is -1.78. The van der Waals surface area contributed by atoms with Gasteiger partial charge in [0.1, 0.15) is 12.7 Å². The number of carboxylic acid groups (broad SMARTS) is 1. The lowest BCUT2D eigenvalue weighted by Gasteiger charge is -2.18. The molecule has 0 radical (unpaired) electrons. The minimum absolute atomic E-state index is 0.138. The van der Waals surface area contributed by atoms with Crippen LogP contribution in [0.3, 0.4) is 0 Å². The summed E-state index contributed by atoms with van der Waals surface area (Å²) in [5.41, 5.74) is 0. The number of phosphoric acid groups is 1. The van der Waals surface area contributed by atoms with E-state index in [1.54, 1.807) is 0 Å². The average molecular weight is 692 g/mol. The highest BCUT2D eigenvalue weighted by Crippen LogP contribution is 2.43. The van der Waals surface area contributed by atoms with E-state index >= 15 is 0 Å². The van der Waals surface area contributed by atoms with Gasteiger partial charge in [0.25, 0.3) is 0 Å². The number of allylic oxidation sites excluding steroid dienone is 2. The van der Waals surface area contributed by atoms with Crippen molar-refractivity contribution in [1.29, 1.82) is 0 Å². The number of esters is 1. The zero-order valence-corrected chi connectivity index (χ0v) is 30.2. The highest BCUT2D eigenvalue weighted by Gasteiger charge is 2.28. The predicted octanol–water partition coefficient (Wildman–Crippen LogP) is 8.16. The Labute approximate surface area is 284 Å². The zero-order valence-electron chi connectivity index (χ0n) is 29.3.